The van der Waals surface area contributed by atoms with Gasteiger partial charge in [-0.05, 0) is 31.7 Å². The van der Waals surface area contributed by atoms with Crippen molar-refractivity contribution in [2.75, 3.05) is 33.2 Å². The highest BCUT2D eigenvalue weighted by atomic mass is 32.1. The molecule has 0 aliphatic carbocycles. The maximum Gasteiger partial charge on any atom is 0.264 e. The van der Waals surface area contributed by atoms with Crippen molar-refractivity contribution in [3.8, 4) is 11.6 Å². The van der Waals surface area contributed by atoms with Crippen molar-refractivity contribution in [1.29, 1.82) is 0 Å². The molecule has 3 aromatic heterocycles. The summed E-state index contributed by atoms with van der Waals surface area (Å²) in [5, 5.41) is 0.456. The smallest absolute Gasteiger partial charge is 0.264 e. The molecule has 1 saturated heterocycles. The number of H-pyrrole nitrogens is 1. The summed E-state index contributed by atoms with van der Waals surface area (Å²) < 4.78 is 5.32. The molecule has 27 heavy (non-hydrogen) atoms. The molecule has 4 rings (SSSR count). The molecule has 1 atom stereocenters. The van der Waals surface area contributed by atoms with E-state index in [4.69, 9.17) is 10.2 Å². The molecule has 142 valence electrons. The molecule has 4 heterocycles. The molecule has 1 fully saturated rings. The van der Waals surface area contributed by atoms with E-state index in [1.54, 1.807) is 19.1 Å². The van der Waals surface area contributed by atoms with Crippen LogP contribution < -0.4 is 11.3 Å². The Hall–Kier alpha value is -2.49. The van der Waals surface area contributed by atoms with Gasteiger partial charge in [-0.2, -0.15) is 0 Å². The van der Waals surface area contributed by atoms with E-state index >= 15 is 0 Å². The lowest BCUT2D eigenvalue weighted by atomic mass is 10.1. The molecule has 0 radical (unpaired) electrons. The van der Waals surface area contributed by atoms with Gasteiger partial charge in [-0.3, -0.25) is 9.59 Å². The van der Waals surface area contributed by atoms with Gasteiger partial charge in [-0.15, -0.1) is 11.3 Å². The SMILES string of the molecule is Cc1c(C(=O)N2CCN(C)C[C@@H]2CN)sc2nc(-c3ccco3)[nH]c(=O)c12. The molecular formula is C18H21N5O3S. The fraction of sp³-hybridized carbons (Fsp3) is 0.389. The van der Waals surface area contributed by atoms with Crippen LogP contribution in [0.25, 0.3) is 21.8 Å². The Kier molecular flexibility index (Phi) is 4.58. The highest BCUT2D eigenvalue weighted by Gasteiger charge is 2.31. The van der Waals surface area contributed by atoms with Crippen molar-refractivity contribution in [3.05, 3.63) is 39.2 Å². The molecule has 3 N–H and O–H groups in total. The third-order valence-electron chi connectivity index (χ3n) is 4.97. The second-order valence-electron chi connectivity index (χ2n) is 6.78. The normalized spacial score (nSPS) is 18.3. The van der Waals surface area contributed by atoms with Crippen LogP contribution in [0.4, 0.5) is 0 Å². The Morgan fingerprint density at radius 1 is 1.48 bits per heavy atom. The van der Waals surface area contributed by atoms with E-state index < -0.39 is 0 Å². The summed E-state index contributed by atoms with van der Waals surface area (Å²) in [7, 11) is 2.02. The van der Waals surface area contributed by atoms with Crippen LogP contribution in [0.15, 0.2) is 27.6 Å². The van der Waals surface area contributed by atoms with Gasteiger partial charge in [-0.1, -0.05) is 0 Å². The standard InChI is InChI=1S/C18H21N5O3S/c1-10-13-16(24)20-15(12-4-3-7-26-12)21-17(13)27-14(10)18(25)23-6-5-22(2)9-11(23)8-19/h3-4,7,11H,5-6,8-9,19H2,1-2H3,(H,20,21,24)/t11-/m0/s1. The number of aromatic nitrogens is 2. The average Bonchev–Trinajstić information content (AvgIpc) is 3.29. The summed E-state index contributed by atoms with van der Waals surface area (Å²) >= 11 is 1.25. The molecule has 0 saturated carbocycles. The van der Waals surface area contributed by atoms with Crippen LogP contribution in [0.1, 0.15) is 15.2 Å². The van der Waals surface area contributed by atoms with Crippen LogP contribution in [-0.2, 0) is 0 Å². The molecule has 3 aromatic rings. The number of nitrogens with two attached hydrogens (primary N) is 1. The number of aromatic amines is 1. The molecule has 0 spiro atoms. The van der Waals surface area contributed by atoms with Gasteiger partial charge in [0.1, 0.15) is 4.83 Å². The lowest BCUT2D eigenvalue weighted by Crippen LogP contribution is -2.56. The van der Waals surface area contributed by atoms with Crippen molar-refractivity contribution >= 4 is 27.5 Å². The summed E-state index contributed by atoms with van der Waals surface area (Å²) in [5.41, 5.74) is 6.28. The van der Waals surface area contributed by atoms with Gasteiger partial charge in [0.2, 0.25) is 0 Å². The highest BCUT2D eigenvalue weighted by Crippen LogP contribution is 2.30. The quantitative estimate of drug-likeness (QED) is 0.701. The topological polar surface area (TPSA) is 108 Å². The molecular weight excluding hydrogens is 366 g/mol. The summed E-state index contributed by atoms with van der Waals surface area (Å²) in [6.07, 6.45) is 1.52. The Bertz CT molecular complexity index is 1040. The fourth-order valence-corrected chi connectivity index (χ4v) is 4.63. The number of nitrogens with zero attached hydrogens (tertiary/aromatic N) is 3. The zero-order chi connectivity index (χ0) is 19.1. The number of fused-ring (bicyclic) bond motifs is 1. The van der Waals surface area contributed by atoms with E-state index in [-0.39, 0.29) is 17.5 Å². The second-order valence-corrected chi connectivity index (χ2v) is 7.78. The van der Waals surface area contributed by atoms with E-state index in [9.17, 15) is 9.59 Å². The van der Waals surface area contributed by atoms with Gasteiger partial charge in [0.05, 0.1) is 22.6 Å². The number of hydrogen-bond donors (Lipinski definition) is 2. The van der Waals surface area contributed by atoms with Crippen LogP contribution in [0.3, 0.4) is 0 Å². The number of aryl methyl sites for hydroxylation is 1. The predicted molar refractivity (Wildman–Crippen MR) is 104 cm³/mol. The van der Waals surface area contributed by atoms with Crippen LogP contribution >= 0.6 is 11.3 Å². The molecule has 9 heteroatoms. The number of furan rings is 1. The van der Waals surface area contributed by atoms with Crippen LogP contribution in [0.2, 0.25) is 0 Å². The number of carbonyl (C=O) groups is 1. The molecule has 0 bridgehead atoms. The molecule has 8 nitrogen and oxygen atoms in total. The molecule has 0 aromatic carbocycles. The number of nitrogens with one attached hydrogen (secondary N) is 1. The summed E-state index contributed by atoms with van der Waals surface area (Å²) in [6, 6.07) is 3.42. The Morgan fingerprint density at radius 2 is 2.30 bits per heavy atom. The predicted octanol–water partition coefficient (Wildman–Crippen LogP) is 1.27. The van der Waals surface area contributed by atoms with Crippen molar-refractivity contribution in [3.63, 3.8) is 0 Å². The number of carbonyl (C=O) groups excluding carboxylic acids is 1. The first-order chi connectivity index (χ1) is 13.0. The van der Waals surface area contributed by atoms with E-state index in [0.29, 0.717) is 45.3 Å². The molecule has 1 aliphatic rings. The minimum atomic E-state index is -0.270. The van der Waals surface area contributed by atoms with Crippen LogP contribution in [-0.4, -0.2) is 64.9 Å². The minimum absolute atomic E-state index is 0.0363. The lowest BCUT2D eigenvalue weighted by molar-refractivity contribution is 0.0520. The monoisotopic (exact) mass is 387 g/mol. The maximum atomic E-state index is 13.2. The Morgan fingerprint density at radius 3 is 3.00 bits per heavy atom. The number of rotatable bonds is 3. The first-order valence-electron chi connectivity index (χ1n) is 8.76. The first kappa shape index (κ1) is 17.9. The van der Waals surface area contributed by atoms with Gasteiger partial charge in [0, 0.05) is 26.2 Å². The maximum absolute atomic E-state index is 13.2. The average molecular weight is 387 g/mol. The van der Waals surface area contributed by atoms with Crippen molar-refractivity contribution in [2.45, 2.75) is 13.0 Å². The Labute approximate surface area is 159 Å². The number of likely N-dealkylation sites (N-methyl/N-ethyl adjacent to an activating group) is 1. The zero-order valence-electron chi connectivity index (χ0n) is 15.2. The fourth-order valence-electron chi connectivity index (χ4n) is 3.49. The molecule has 0 unspecified atom stereocenters. The van der Waals surface area contributed by atoms with Gasteiger partial charge in [0.25, 0.3) is 11.5 Å². The lowest BCUT2D eigenvalue weighted by Gasteiger charge is -2.39. The first-order valence-corrected chi connectivity index (χ1v) is 9.58. The number of hydrogen-bond acceptors (Lipinski definition) is 7. The van der Waals surface area contributed by atoms with Crippen molar-refractivity contribution < 1.29 is 9.21 Å². The largest absolute Gasteiger partial charge is 0.461 e. The highest BCUT2D eigenvalue weighted by molar-refractivity contribution is 7.20. The van der Waals surface area contributed by atoms with Gasteiger partial charge in [0.15, 0.2) is 11.6 Å². The molecule has 1 aliphatic heterocycles. The number of amides is 1. The summed E-state index contributed by atoms with van der Waals surface area (Å²) in [5.74, 6) is 0.755. The van der Waals surface area contributed by atoms with E-state index in [2.05, 4.69) is 14.9 Å². The number of piperazine rings is 1. The van der Waals surface area contributed by atoms with Crippen molar-refractivity contribution in [2.24, 2.45) is 5.73 Å². The summed E-state index contributed by atoms with van der Waals surface area (Å²) in [4.78, 5) is 38.1. The van der Waals surface area contributed by atoms with Crippen LogP contribution in [0, 0.1) is 6.92 Å². The zero-order valence-corrected chi connectivity index (χ0v) is 16.0. The van der Waals surface area contributed by atoms with Gasteiger partial charge >= 0.3 is 0 Å². The second kappa shape index (κ2) is 6.91. The van der Waals surface area contributed by atoms with Gasteiger partial charge < -0.3 is 24.9 Å². The number of thiophene rings is 1. The Balaban J connectivity index is 1.76. The molecule has 1 amide bonds. The minimum Gasteiger partial charge on any atom is -0.461 e. The van der Waals surface area contributed by atoms with E-state index in [1.807, 2.05) is 11.9 Å². The van der Waals surface area contributed by atoms with E-state index in [1.165, 1.54) is 17.6 Å². The van der Waals surface area contributed by atoms with Gasteiger partial charge in [-0.25, -0.2) is 4.98 Å². The van der Waals surface area contributed by atoms with E-state index in [0.717, 1.165) is 13.1 Å². The third-order valence-corrected chi connectivity index (χ3v) is 6.14. The van der Waals surface area contributed by atoms with Crippen molar-refractivity contribution in [1.82, 2.24) is 19.8 Å². The van der Waals surface area contributed by atoms with Crippen LogP contribution in [0.5, 0.6) is 0 Å². The third kappa shape index (κ3) is 3.07. The summed E-state index contributed by atoms with van der Waals surface area (Å²) in [6.45, 7) is 4.36.